The average Bonchev–Trinajstić information content (AvgIpc) is 3.48. The van der Waals surface area contributed by atoms with Crippen molar-refractivity contribution >= 4 is 63.7 Å². The number of rotatable bonds is 6. The molecule has 132 valence electrons. The maximum atomic E-state index is 6.19. The maximum absolute atomic E-state index is 6.19. The topological polar surface area (TPSA) is 34.3 Å². The summed E-state index contributed by atoms with van der Waals surface area (Å²) in [6, 6.07) is 20.2. The Morgan fingerprint density at radius 2 is 1.00 bits per heavy atom. The van der Waals surface area contributed by atoms with Crippen LogP contribution in [0.15, 0.2) is 60.7 Å². The van der Waals surface area contributed by atoms with Crippen LogP contribution < -0.4 is 0 Å². The largest absolute Gasteiger partial charge is 0.359 e. The van der Waals surface area contributed by atoms with E-state index in [1.54, 1.807) is 0 Å². The number of ether oxygens (including phenoxy) is 3. The van der Waals surface area contributed by atoms with E-state index in [0.29, 0.717) is 0 Å². The van der Waals surface area contributed by atoms with Crippen molar-refractivity contribution < 1.29 is 14.2 Å². The van der Waals surface area contributed by atoms with E-state index < -0.39 is 6.84 Å². The third-order valence-corrected chi connectivity index (χ3v) is 6.63. The molecule has 7 heteroatoms. The van der Waals surface area contributed by atoms with Crippen LogP contribution in [0.2, 0.25) is 0 Å². The zero-order valence-corrected chi connectivity index (χ0v) is 19.2. The molecule has 4 atom stereocenters. The van der Waals surface area contributed by atoms with E-state index in [9.17, 15) is 0 Å². The molecule has 0 N–H and O–H groups in total. The van der Waals surface area contributed by atoms with E-state index in [-0.39, 0.29) is 24.4 Å². The molecule has 25 heavy (non-hydrogen) atoms. The van der Waals surface area contributed by atoms with Crippen LogP contribution in [0.3, 0.4) is 0 Å². The molecule has 0 aromatic heterocycles. The first kappa shape index (κ1) is 18.6. The van der Waals surface area contributed by atoms with Gasteiger partial charge in [-0.3, -0.25) is 0 Å². The smallest absolute Gasteiger partial charge is 0.209 e. The van der Waals surface area contributed by atoms with Gasteiger partial charge in [0.05, 0.1) is 0 Å². The van der Waals surface area contributed by atoms with Gasteiger partial charge in [-0.2, -0.15) is 0 Å². The molecule has 0 spiro atoms. The average molecular weight is 598 g/mol. The minimum atomic E-state index is -0.847. The van der Waals surface area contributed by atoms with Crippen LogP contribution >= 0.6 is 63.7 Å². The Morgan fingerprint density at radius 1 is 0.640 bits per heavy atom. The summed E-state index contributed by atoms with van der Waals surface area (Å²) in [4.78, 5) is 0. The first-order chi connectivity index (χ1) is 11.9. The quantitative estimate of drug-likeness (QED) is 0.295. The van der Waals surface area contributed by atoms with Crippen LogP contribution in [0.5, 0.6) is 0 Å². The standard InChI is InChI=1S/C18H14Br4O3/c19-17(20,15-13(23-15)11-7-3-1-4-8-11)25-18(21,22)16-14(24-16)12-9-5-2-6-10-12/h1-10,13-16H. The monoisotopic (exact) mass is 594 g/mol. The van der Waals surface area contributed by atoms with Crippen molar-refractivity contribution in [2.45, 2.75) is 31.3 Å². The van der Waals surface area contributed by atoms with Crippen molar-refractivity contribution in [1.29, 1.82) is 0 Å². The van der Waals surface area contributed by atoms with Crippen molar-refractivity contribution in [2.24, 2.45) is 0 Å². The summed E-state index contributed by atoms with van der Waals surface area (Å²) in [5.74, 6) is 0. The highest BCUT2D eigenvalue weighted by Gasteiger charge is 2.61. The van der Waals surface area contributed by atoms with E-state index in [4.69, 9.17) is 14.2 Å². The molecule has 4 rings (SSSR count). The number of hydrogen-bond acceptors (Lipinski definition) is 3. The Labute approximate surface area is 179 Å². The summed E-state index contributed by atoms with van der Waals surface area (Å²) < 4.78 is 16.1. The highest BCUT2D eigenvalue weighted by atomic mass is 79.9. The Hall–Kier alpha value is 0.240. The van der Waals surface area contributed by atoms with Crippen LogP contribution in [0.4, 0.5) is 0 Å². The van der Waals surface area contributed by atoms with Crippen LogP contribution in [-0.4, -0.2) is 19.0 Å². The third-order valence-electron chi connectivity index (χ3n) is 4.17. The van der Waals surface area contributed by atoms with Gasteiger partial charge >= 0.3 is 0 Å². The van der Waals surface area contributed by atoms with E-state index in [2.05, 4.69) is 63.7 Å². The van der Waals surface area contributed by atoms with Gasteiger partial charge < -0.3 is 14.2 Å². The molecule has 0 saturated carbocycles. The van der Waals surface area contributed by atoms with Gasteiger partial charge in [-0.25, -0.2) is 0 Å². The number of benzene rings is 2. The van der Waals surface area contributed by atoms with Gasteiger partial charge in [-0.15, -0.1) is 0 Å². The molecule has 2 aromatic carbocycles. The fourth-order valence-corrected chi connectivity index (χ4v) is 6.11. The predicted octanol–water partition coefficient (Wildman–Crippen LogP) is 6.17. The Balaban J connectivity index is 1.41. The van der Waals surface area contributed by atoms with E-state index in [1.807, 2.05) is 60.7 Å². The van der Waals surface area contributed by atoms with E-state index >= 15 is 0 Å². The lowest BCUT2D eigenvalue weighted by molar-refractivity contribution is 0.0335. The minimum Gasteiger partial charge on any atom is -0.359 e. The molecule has 2 fully saturated rings. The molecule has 2 aromatic rings. The van der Waals surface area contributed by atoms with E-state index in [0.717, 1.165) is 11.1 Å². The normalized spacial score (nSPS) is 28.6. The van der Waals surface area contributed by atoms with Crippen molar-refractivity contribution in [3.8, 4) is 0 Å². The molecule has 0 bridgehead atoms. The summed E-state index contributed by atoms with van der Waals surface area (Å²) in [6.07, 6.45) is -0.335. The predicted molar refractivity (Wildman–Crippen MR) is 110 cm³/mol. The fraction of sp³-hybridized carbons (Fsp3) is 0.333. The summed E-state index contributed by atoms with van der Waals surface area (Å²) in [7, 11) is 0. The van der Waals surface area contributed by atoms with Crippen molar-refractivity contribution in [3.63, 3.8) is 0 Å². The molecule has 3 nitrogen and oxygen atoms in total. The van der Waals surface area contributed by atoms with Crippen molar-refractivity contribution in [3.05, 3.63) is 71.8 Å². The summed E-state index contributed by atoms with van der Waals surface area (Å²) in [5.41, 5.74) is 2.25. The van der Waals surface area contributed by atoms with E-state index in [1.165, 1.54) is 0 Å². The lowest BCUT2D eigenvalue weighted by Crippen LogP contribution is -2.36. The Bertz CT molecular complexity index is 675. The third kappa shape index (κ3) is 4.08. The lowest BCUT2D eigenvalue weighted by atomic mass is 10.1. The molecule has 2 aliphatic heterocycles. The second-order valence-electron chi connectivity index (χ2n) is 6.00. The van der Waals surface area contributed by atoms with Crippen LogP contribution in [0.25, 0.3) is 0 Å². The number of epoxide rings is 2. The van der Waals surface area contributed by atoms with Gasteiger partial charge in [0.25, 0.3) is 0 Å². The van der Waals surface area contributed by atoms with Gasteiger partial charge in [0.1, 0.15) is 24.4 Å². The highest BCUT2D eigenvalue weighted by Crippen LogP contribution is 2.59. The first-order valence-electron chi connectivity index (χ1n) is 7.75. The molecule has 0 radical (unpaired) electrons. The number of hydrogen-bond donors (Lipinski definition) is 0. The molecular weight excluding hydrogens is 584 g/mol. The minimum absolute atomic E-state index is 0.0132. The van der Waals surface area contributed by atoms with Gasteiger partial charge in [0.2, 0.25) is 6.84 Å². The fourth-order valence-electron chi connectivity index (χ4n) is 2.83. The van der Waals surface area contributed by atoms with Crippen molar-refractivity contribution in [1.82, 2.24) is 0 Å². The van der Waals surface area contributed by atoms with Crippen LogP contribution in [0.1, 0.15) is 23.3 Å². The number of halogens is 4. The summed E-state index contributed by atoms with van der Waals surface area (Å²) >= 11 is 14.4. The van der Waals surface area contributed by atoms with Gasteiger partial charge in [-0.05, 0) is 74.8 Å². The van der Waals surface area contributed by atoms with Crippen LogP contribution in [-0.2, 0) is 14.2 Å². The molecule has 4 unspecified atom stereocenters. The van der Waals surface area contributed by atoms with Gasteiger partial charge in [0, 0.05) is 0 Å². The molecule has 0 aliphatic carbocycles. The second-order valence-corrected chi connectivity index (χ2v) is 12.8. The lowest BCUT2D eigenvalue weighted by Gasteiger charge is -2.28. The zero-order chi connectivity index (χ0) is 17.7. The molecular formula is C18H14Br4O3. The summed E-state index contributed by atoms with van der Waals surface area (Å²) in [6.45, 7) is 0. The maximum Gasteiger partial charge on any atom is 0.209 e. The van der Waals surface area contributed by atoms with Gasteiger partial charge in [-0.1, -0.05) is 60.7 Å². The van der Waals surface area contributed by atoms with Crippen molar-refractivity contribution in [2.75, 3.05) is 0 Å². The first-order valence-corrected chi connectivity index (χ1v) is 10.9. The highest BCUT2D eigenvalue weighted by molar-refractivity contribution is 9.26. The Kier molecular flexibility index (Phi) is 5.21. The van der Waals surface area contributed by atoms with Gasteiger partial charge in [0.15, 0.2) is 0 Å². The zero-order valence-electron chi connectivity index (χ0n) is 12.8. The summed E-state index contributed by atoms with van der Waals surface area (Å²) in [5, 5.41) is 0. The van der Waals surface area contributed by atoms with Crippen LogP contribution in [0, 0.1) is 0 Å². The second kappa shape index (κ2) is 7.00. The Morgan fingerprint density at radius 3 is 1.36 bits per heavy atom. The molecule has 2 saturated heterocycles. The molecule has 2 heterocycles. The molecule has 0 amide bonds. The SMILES string of the molecule is BrC(Br)(OC(Br)(Br)C1OC1c1ccccc1)C1OC1c1ccccc1. The molecule has 2 aliphatic rings. The number of alkyl halides is 4.